The smallest absolute Gasteiger partial charge is 0.270 e. The van der Waals surface area contributed by atoms with Crippen LogP contribution >= 0.6 is 0 Å². The maximum Gasteiger partial charge on any atom is 0.270 e. The summed E-state index contributed by atoms with van der Waals surface area (Å²) in [6.07, 6.45) is 0. The van der Waals surface area contributed by atoms with Crippen LogP contribution in [0.4, 0.5) is 5.95 Å². The van der Waals surface area contributed by atoms with Crippen molar-refractivity contribution in [3.8, 4) is 0 Å². The third kappa shape index (κ3) is 6.11. The van der Waals surface area contributed by atoms with Crippen LogP contribution in [0.1, 0.15) is 37.0 Å². The number of aryl methyl sites for hydroxylation is 1. The molecule has 2 N–H and O–H groups in total. The van der Waals surface area contributed by atoms with E-state index in [0.717, 1.165) is 45.1 Å². The zero-order valence-corrected chi connectivity index (χ0v) is 14.5. The minimum atomic E-state index is -0.292. The maximum absolute atomic E-state index is 12.2. The lowest BCUT2D eigenvalue weighted by atomic mass is 10.1. The van der Waals surface area contributed by atoms with Crippen LogP contribution < -0.4 is 10.6 Å². The van der Waals surface area contributed by atoms with E-state index in [2.05, 4.69) is 25.5 Å². The van der Waals surface area contributed by atoms with Crippen molar-refractivity contribution in [1.82, 2.24) is 20.2 Å². The molecule has 0 spiro atoms. The van der Waals surface area contributed by atoms with Gasteiger partial charge >= 0.3 is 0 Å². The molecule has 2 heterocycles. The number of carbonyl (C=O) groups excluding carboxylic acids is 1. The molecule has 1 aliphatic heterocycles. The molecule has 23 heavy (non-hydrogen) atoms. The molecule has 0 aliphatic carbocycles. The van der Waals surface area contributed by atoms with E-state index in [9.17, 15) is 4.79 Å². The summed E-state index contributed by atoms with van der Waals surface area (Å²) in [5, 5.41) is 6.12. The molecule has 1 amide bonds. The van der Waals surface area contributed by atoms with Gasteiger partial charge in [-0.1, -0.05) is 0 Å². The molecule has 1 aromatic rings. The third-order valence-electron chi connectivity index (χ3n) is 3.39. The van der Waals surface area contributed by atoms with Crippen LogP contribution in [0.15, 0.2) is 6.07 Å². The number of anilines is 1. The molecular weight excluding hydrogens is 294 g/mol. The summed E-state index contributed by atoms with van der Waals surface area (Å²) >= 11 is 0. The monoisotopic (exact) mass is 321 g/mol. The van der Waals surface area contributed by atoms with E-state index in [1.165, 1.54) is 0 Å². The van der Waals surface area contributed by atoms with E-state index in [1.54, 1.807) is 6.07 Å². The van der Waals surface area contributed by atoms with Crippen molar-refractivity contribution < 1.29 is 9.53 Å². The highest BCUT2D eigenvalue weighted by molar-refractivity contribution is 5.93. The molecule has 7 nitrogen and oxygen atoms in total. The van der Waals surface area contributed by atoms with Crippen LogP contribution in [0.25, 0.3) is 0 Å². The molecule has 1 saturated heterocycles. The minimum absolute atomic E-state index is 0.181. The molecule has 1 fully saturated rings. The number of morpholine rings is 1. The summed E-state index contributed by atoms with van der Waals surface area (Å²) in [6.45, 7) is 12.8. The van der Waals surface area contributed by atoms with Crippen LogP contribution in [0.5, 0.6) is 0 Å². The normalized spacial score (nSPS) is 16.2. The van der Waals surface area contributed by atoms with E-state index in [1.807, 2.05) is 27.7 Å². The van der Waals surface area contributed by atoms with Crippen molar-refractivity contribution in [2.75, 3.05) is 44.7 Å². The molecule has 0 atom stereocenters. The largest absolute Gasteiger partial charge is 0.379 e. The number of nitrogens with zero attached hydrogens (tertiary/aromatic N) is 3. The average molecular weight is 321 g/mol. The first kappa shape index (κ1) is 17.6. The van der Waals surface area contributed by atoms with Crippen LogP contribution in [0.2, 0.25) is 0 Å². The Labute approximate surface area is 137 Å². The average Bonchev–Trinajstić information content (AvgIpc) is 2.46. The second-order valence-corrected chi connectivity index (χ2v) is 6.80. The first-order valence-corrected chi connectivity index (χ1v) is 8.06. The SMILES string of the molecule is Cc1cc(C(=O)NC(C)(C)C)nc(NCCN2CCOCC2)n1. The Morgan fingerprint density at radius 2 is 2.00 bits per heavy atom. The highest BCUT2D eigenvalue weighted by atomic mass is 16.5. The van der Waals surface area contributed by atoms with E-state index < -0.39 is 0 Å². The molecular formula is C16H27N5O2. The maximum atomic E-state index is 12.2. The second kappa shape index (κ2) is 7.70. The van der Waals surface area contributed by atoms with Crippen LogP contribution in [-0.4, -0.2) is 65.7 Å². The lowest BCUT2D eigenvalue weighted by Gasteiger charge is -2.26. The predicted molar refractivity (Wildman–Crippen MR) is 89.7 cm³/mol. The number of ether oxygens (including phenoxy) is 1. The third-order valence-corrected chi connectivity index (χ3v) is 3.39. The Morgan fingerprint density at radius 1 is 1.30 bits per heavy atom. The highest BCUT2D eigenvalue weighted by Gasteiger charge is 2.17. The summed E-state index contributed by atoms with van der Waals surface area (Å²) in [4.78, 5) is 23.2. The number of hydrogen-bond acceptors (Lipinski definition) is 6. The van der Waals surface area contributed by atoms with Gasteiger partial charge in [-0.3, -0.25) is 9.69 Å². The van der Waals surface area contributed by atoms with Gasteiger partial charge in [0.25, 0.3) is 5.91 Å². The Morgan fingerprint density at radius 3 is 2.65 bits per heavy atom. The fourth-order valence-electron chi connectivity index (χ4n) is 2.32. The predicted octanol–water partition coefficient (Wildman–Crippen LogP) is 1.06. The van der Waals surface area contributed by atoms with Gasteiger partial charge in [0.2, 0.25) is 5.95 Å². The number of nitrogens with one attached hydrogen (secondary N) is 2. The van der Waals surface area contributed by atoms with Crippen molar-refractivity contribution in [2.24, 2.45) is 0 Å². The van der Waals surface area contributed by atoms with Crippen molar-refractivity contribution >= 4 is 11.9 Å². The summed E-state index contributed by atoms with van der Waals surface area (Å²) in [7, 11) is 0. The number of hydrogen-bond donors (Lipinski definition) is 2. The first-order valence-electron chi connectivity index (χ1n) is 8.06. The molecule has 0 aromatic carbocycles. The van der Waals surface area contributed by atoms with Crippen molar-refractivity contribution in [1.29, 1.82) is 0 Å². The minimum Gasteiger partial charge on any atom is -0.379 e. The molecule has 1 aromatic heterocycles. The molecule has 1 aliphatic rings. The van der Waals surface area contributed by atoms with E-state index in [4.69, 9.17) is 4.74 Å². The number of aromatic nitrogens is 2. The van der Waals surface area contributed by atoms with Gasteiger partial charge in [-0.05, 0) is 33.8 Å². The van der Waals surface area contributed by atoms with Gasteiger partial charge in [-0.15, -0.1) is 0 Å². The molecule has 0 radical (unpaired) electrons. The Kier molecular flexibility index (Phi) is 5.90. The number of carbonyl (C=O) groups is 1. The Hall–Kier alpha value is -1.73. The van der Waals surface area contributed by atoms with Crippen molar-refractivity contribution in [3.05, 3.63) is 17.5 Å². The summed E-state index contributed by atoms with van der Waals surface area (Å²) in [6, 6.07) is 1.70. The standard InChI is InChI=1S/C16H27N5O2/c1-12-11-13(14(22)20-16(2,3)4)19-15(18-12)17-5-6-21-7-9-23-10-8-21/h11H,5-10H2,1-4H3,(H,20,22)(H,17,18,19). The Balaban J connectivity index is 1.92. The molecule has 7 heteroatoms. The zero-order valence-electron chi connectivity index (χ0n) is 14.5. The van der Waals surface area contributed by atoms with Crippen LogP contribution in [0.3, 0.4) is 0 Å². The van der Waals surface area contributed by atoms with Gasteiger partial charge in [0.05, 0.1) is 13.2 Å². The van der Waals surface area contributed by atoms with Crippen molar-refractivity contribution in [3.63, 3.8) is 0 Å². The molecule has 2 rings (SSSR count). The topological polar surface area (TPSA) is 79.4 Å². The quantitative estimate of drug-likeness (QED) is 0.844. The van der Waals surface area contributed by atoms with Gasteiger partial charge in [-0.2, -0.15) is 0 Å². The van der Waals surface area contributed by atoms with Gasteiger partial charge in [-0.25, -0.2) is 9.97 Å². The molecule has 0 bridgehead atoms. The highest BCUT2D eigenvalue weighted by Crippen LogP contribution is 2.07. The summed E-state index contributed by atoms with van der Waals surface area (Å²) < 4.78 is 5.33. The molecule has 0 unspecified atom stereocenters. The van der Waals surface area contributed by atoms with Crippen LogP contribution in [0, 0.1) is 6.92 Å². The molecule has 0 saturated carbocycles. The van der Waals surface area contributed by atoms with Crippen LogP contribution in [-0.2, 0) is 4.74 Å². The van der Waals surface area contributed by atoms with Gasteiger partial charge in [0.15, 0.2) is 0 Å². The first-order chi connectivity index (χ1) is 10.8. The second-order valence-electron chi connectivity index (χ2n) is 6.80. The number of amides is 1. The van der Waals surface area contributed by atoms with E-state index in [-0.39, 0.29) is 11.4 Å². The zero-order chi connectivity index (χ0) is 16.9. The fraction of sp³-hybridized carbons (Fsp3) is 0.688. The summed E-state index contributed by atoms with van der Waals surface area (Å²) in [5.74, 6) is 0.316. The summed E-state index contributed by atoms with van der Waals surface area (Å²) in [5.41, 5.74) is 0.870. The van der Waals surface area contributed by atoms with E-state index in [0.29, 0.717) is 11.6 Å². The molecule has 128 valence electrons. The van der Waals surface area contributed by atoms with Gasteiger partial charge in [0.1, 0.15) is 5.69 Å². The van der Waals surface area contributed by atoms with E-state index >= 15 is 0 Å². The van der Waals surface area contributed by atoms with Gasteiger partial charge < -0.3 is 15.4 Å². The fourth-order valence-corrected chi connectivity index (χ4v) is 2.32. The van der Waals surface area contributed by atoms with Crippen molar-refractivity contribution in [2.45, 2.75) is 33.2 Å². The lowest BCUT2D eigenvalue weighted by Crippen LogP contribution is -2.41. The Bertz CT molecular complexity index is 536. The lowest BCUT2D eigenvalue weighted by molar-refractivity contribution is 0.0398. The number of rotatable bonds is 5. The van der Waals surface area contributed by atoms with Gasteiger partial charge in [0, 0.05) is 37.4 Å².